The summed E-state index contributed by atoms with van der Waals surface area (Å²) in [6, 6.07) is 4.44. The summed E-state index contributed by atoms with van der Waals surface area (Å²) >= 11 is 6.03. The van der Waals surface area contributed by atoms with Crippen LogP contribution in [0.4, 0.5) is 5.82 Å². The van der Waals surface area contributed by atoms with Crippen molar-refractivity contribution < 1.29 is 0 Å². The predicted octanol–water partition coefficient (Wildman–Crippen LogP) is 2.03. The van der Waals surface area contributed by atoms with Crippen molar-refractivity contribution >= 4 is 17.4 Å². The predicted molar refractivity (Wildman–Crippen MR) is 58.7 cm³/mol. The average molecular weight is 212 g/mol. The van der Waals surface area contributed by atoms with Crippen molar-refractivity contribution in [2.75, 3.05) is 12.4 Å². The Kier molecular flexibility index (Phi) is 2.89. The fraction of sp³-hybridized carbons (Fsp3) is 0.500. The fourth-order valence-electron chi connectivity index (χ4n) is 1.28. The van der Waals surface area contributed by atoms with Crippen LogP contribution in [0.15, 0.2) is 12.1 Å². The van der Waals surface area contributed by atoms with E-state index in [9.17, 15) is 0 Å². The first-order valence-corrected chi connectivity index (χ1v) is 5.24. The Morgan fingerprint density at radius 3 is 2.93 bits per heavy atom. The van der Waals surface area contributed by atoms with Crippen molar-refractivity contribution in [2.45, 2.75) is 25.4 Å². The van der Waals surface area contributed by atoms with E-state index in [2.05, 4.69) is 15.6 Å². The molecule has 1 saturated carbocycles. The first-order valence-electron chi connectivity index (χ1n) is 4.86. The van der Waals surface area contributed by atoms with Crippen LogP contribution < -0.4 is 10.6 Å². The van der Waals surface area contributed by atoms with E-state index in [0.717, 1.165) is 23.1 Å². The lowest BCUT2D eigenvalue weighted by Crippen LogP contribution is -2.16. The molecule has 4 heteroatoms. The first kappa shape index (κ1) is 9.74. The smallest absolute Gasteiger partial charge is 0.126 e. The third-order valence-electron chi connectivity index (χ3n) is 2.31. The van der Waals surface area contributed by atoms with Gasteiger partial charge >= 0.3 is 0 Å². The molecule has 0 amide bonds. The molecule has 0 saturated heterocycles. The molecule has 3 nitrogen and oxygen atoms in total. The Morgan fingerprint density at radius 1 is 1.50 bits per heavy atom. The number of rotatable bonds is 4. The minimum absolute atomic E-state index is 0.686. The van der Waals surface area contributed by atoms with Gasteiger partial charge in [-0.3, -0.25) is 0 Å². The normalized spacial score (nSPS) is 15.6. The molecule has 1 aliphatic rings. The van der Waals surface area contributed by atoms with Crippen LogP contribution in [0.5, 0.6) is 0 Å². The highest BCUT2D eigenvalue weighted by Crippen LogP contribution is 2.21. The number of hydrogen-bond donors (Lipinski definition) is 2. The number of aromatic nitrogens is 1. The van der Waals surface area contributed by atoms with Crippen molar-refractivity contribution in [2.24, 2.45) is 0 Å². The molecule has 1 fully saturated rings. The maximum absolute atomic E-state index is 6.03. The van der Waals surface area contributed by atoms with Crippen LogP contribution in [0.2, 0.25) is 5.02 Å². The zero-order valence-electron chi connectivity index (χ0n) is 8.18. The summed E-state index contributed by atoms with van der Waals surface area (Å²) in [5, 5.41) is 7.12. The summed E-state index contributed by atoms with van der Waals surface area (Å²) in [4.78, 5) is 4.38. The molecule has 1 aromatic rings. The lowest BCUT2D eigenvalue weighted by molar-refractivity contribution is 0.675. The Bertz CT molecular complexity index is 323. The molecule has 0 aromatic carbocycles. The van der Waals surface area contributed by atoms with E-state index >= 15 is 0 Å². The van der Waals surface area contributed by atoms with E-state index in [-0.39, 0.29) is 0 Å². The summed E-state index contributed by atoms with van der Waals surface area (Å²) in [5.41, 5.74) is 0.922. The first-order chi connectivity index (χ1) is 6.79. The summed E-state index contributed by atoms with van der Waals surface area (Å²) in [7, 11) is 1.86. The maximum atomic E-state index is 6.03. The Labute approximate surface area is 88.9 Å². The highest BCUT2D eigenvalue weighted by atomic mass is 35.5. The highest BCUT2D eigenvalue weighted by Gasteiger charge is 2.20. The second-order valence-corrected chi connectivity index (χ2v) is 3.94. The lowest BCUT2D eigenvalue weighted by Gasteiger charge is -2.06. The molecule has 0 unspecified atom stereocenters. The molecule has 2 N–H and O–H groups in total. The monoisotopic (exact) mass is 211 g/mol. The number of anilines is 1. The number of hydrogen-bond acceptors (Lipinski definition) is 3. The molecular weight excluding hydrogens is 198 g/mol. The quantitative estimate of drug-likeness (QED) is 0.800. The molecule has 0 atom stereocenters. The number of nitrogens with one attached hydrogen (secondary N) is 2. The number of nitrogens with zero attached hydrogens (tertiary/aromatic N) is 1. The van der Waals surface area contributed by atoms with E-state index in [1.807, 2.05) is 19.2 Å². The van der Waals surface area contributed by atoms with Gasteiger partial charge in [0.25, 0.3) is 0 Å². The van der Waals surface area contributed by atoms with E-state index in [4.69, 9.17) is 11.6 Å². The van der Waals surface area contributed by atoms with Gasteiger partial charge in [-0.05, 0) is 25.0 Å². The molecule has 76 valence electrons. The molecule has 1 aromatic heterocycles. The van der Waals surface area contributed by atoms with E-state index < -0.39 is 0 Å². The van der Waals surface area contributed by atoms with Crippen LogP contribution in [-0.4, -0.2) is 18.1 Å². The van der Waals surface area contributed by atoms with Crippen LogP contribution in [0.3, 0.4) is 0 Å². The molecule has 14 heavy (non-hydrogen) atoms. The molecule has 2 rings (SSSR count). The summed E-state index contributed by atoms with van der Waals surface area (Å²) < 4.78 is 0. The van der Waals surface area contributed by atoms with Crippen molar-refractivity contribution in [3.63, 3.8) is 0 Å². The topological polar surface area (TPSA) is 37.0 Å². The largest absolute Gasteiger partial charge is 0.373 e. The molecule has 0 radical (unpaired) electrons. The van der Waals surface area contributed by atoms with Crippen LogP contribution in [-0.2, 0) is 6.54 Å². The number of pyridine rings is 1. The molecule has 0 bridgehead atoms. The van der Waals surface area contributed by atoms with Crippen LogP contribution in [0.1, 0.15) is 18.5 Å². The second-order valence-electron chi connectivity index (χ2n) is 3.53. The molecular formula is C10H14ClN3. The third kappa shape index (κ3) is 2.36. The zero-order chi connectivity index (χ0) is 9.97. The van der Waals surface area contributed by atoms with E-state index in [0.29, 0.717) is 6.04 Å². The van der Waals surface area contributed by atoms with E-state index in [1.165, 1.54) is 12.8 Å². The standard InChI is InChI=1S/C10H14ClN3/c1-12-10-5-4-8(11)9(14-10)6-13-7-2-3-7/h4-5,7,13H,2-3,6H2,1H3,(H,12,14). The van der Waals surface area contributed by atoms with Crippen molar-refractivity contribution in [3.8, 4) is 0 Å². The molecule has 0 spiro atoms. The van der Waals surface area contributed by atoms with Crippen molar-refractivity contribution in [1.29, 1.82) is 0 Å². The van der Waals surface area contributed by atoms with Crippen LogP contribution in [0, 0.1) is 0 Å². The minimum atomic E-state index is 0.686. The van der Waals surface area contributed by atoms with E-state index in [1.54, 1.807) is 0 Å². The highest BCUT2D eigenvalue weighted by molar-refractivity contribution is 6.31. The lowest BCUT2D eigenvalue weighted by atomic mass is 10.3. The van der Waals surface area contributed by atoms with Gasteiger partial charge in [0.15, 0.2) is 0 Å². The molecule has 1 heterocycles. The van der Waals surface area contributed by atoms with Gasteiger partial charge in [0.1, 0.15) is 5.82 Å². The molecule has 1 aliphatic carbocycles. The fourth-order valence-corrected chi connectivity index (χ4v) is 1.45. The van der Waals surface area contributed by atoms with Gasteiger partial charge < -0.3 is 10.6 Å². The summed E-state index contributed by atoms with van der Waals surface area (Å²) in [6.45, 7) is 0.763. The van der Waals surface area contributed by atoms with Gasteiger partial charge in [0, 0.05) is 19.6 Å². The van der Waals surface area contributed by atoms with Gasteiger partial charge in [-0.15, -0.1) is 0 Å². The van der Waals surface area contributed by atoms with Gasteiger partial charge in [0.2, 0.25) is 0 Å². The van der Waals surface area contributed by atoms with Crippen molar-refractivity contribution in [3.05, 3.63) is 22.8 Å². The second kappa shape index (κ2) is 4.15. The van der Waals surface area contributed by atoms with Gasteiger partial charge in [-0.1, -0.05) is 11.6 Å². The average Bonchev–Trinajstić information content (AvgIpc) is 3.00. The Morgan fingerprint density at radius 2 is 2.29 bits per heavy atom. The van der Waals surface area contributed by atoms with Gasteiger partial charge in [-0.2, -0.15) is 0 Å². The molecule has 0 aliphatic heterocycles. The van der Waals surface area contributed by atoms with Crippen molar-refractivity contribution in [1.82, 2.24) is 10.3 Å². The Hall–Kier alpha value is -0.800. The van der Waals surface area contributed by atoms with Gasteiger partial charge in [-0.25, -0.2) is 4.98 Å². The number of halogens is 1. The third-order valence-corrected chi connectivity index (χ3v) is 2.65. The minimum Gasteiger partial charge on any atom is -0.373 e. The van der Waals surface area contributed by atoms with Crippen LogP contribution >= 0.6 is 11.6 Å². The maximum Gasteiger partial charge on any atom is 0.126 e. The SMILES string of the molecule is CNc1ccc(Cl)c(CNC2CC2)n1. The Balaban J connectivity index is 2.04. The van der Waals surface area contributed by atoms with Gasteiger partial charge in [0.05, 0.1) is 10.7 Å². The van der Waals surface area contributed by atoms with Crippen LogP contribution in [0.25, 0.3) is 0 Å². The summed E-state index contributed by atoms with van der Waals surface area (Å²) in [6.07, 6.45) is 2.56. The zero-order valence-corrected chi connectivity index (χ0v) is 8.93. The summed E-state index contributed by atoms with van der Waals surface area (Å²) in [5.74, 6) is 0.863.